The number of hydrogen-bond donors (Lipinski definition) is 2. The number of carboxylic acids is 1. The number of rotatable bonds is 11. The monoisotopic (exact) mass is 527 g/mol. The number of anilines is 1. The minimum Gasteiger partial charge on any atom is -0.494 e. The summed E-state index contributed by atoms with van der Waals surface area (Å²) < 4.78 is 33.4. The molecule has 11 heteroatoms. The first-order valence-corrected chi connectivity index (χ1v) is 13.5. The van der Waals surface area contributed by atoms with Crippen molar-refractivity contribution in [1.82, 2.24) is 5.43 Å². The van der Waals surface area contributed by atoms with Gasteiger partial charge in [-0.15, -0.1) is 11.8 Å². The van der Waals surface area contributed by atoms with E-state index in [-0.39, 0.29) is 21.7 Å². The summed E-state index contributed by atoms with van der Waals surface area (Å²) in [6.45, 7) is 1.73. The molecule has 0 aliphatic rings. The highest BCUT2D eigenvalue weighted by Gasteiger charge is 2.27. The fourth-order valence-corrected chi connectivity index (χ4v) is 5.04. The number of carboxylic acid groups (broad SMARTS) is 1. The van der Waals surface area contributed by atoms with Gasteiger partial charge in [-0.25, -0.2) is 18.6 Å². The van der Waals surface area contributed by atoms with Crippen LogP contribution in [0.4, 0.5) is 5.69 Å². The van der Waals surface area contributed by atoms with Gasteiger partial charge >= 0.3 is 5.97 Å². The SMILES string of the molecule is CCOc1ccc(N(CC(=O)N/N=C\c2ccccc2C(=O)O)S(=O)(=O)c2ccc(SC)cc2)cc1. The number of amides is 1. The molecule has 0 unspecified atom stereocenters. The van der Waals surface area contributed by atoms with E-state index >= 15 is 0 Å². The number of sulfonamides is 1. The van der Waals surface area contributed by atoms with Crippen molar-refractivity contribution in [2.75, 3.05) is 23.7 Å². The standard InChI is InChI=1S/C25H25N3O6S2/c1-3-34-20-10-8-19(9-11-20)28(36(32,33)22-14-12-21(35-2)13-15-22)17-24(29)27-26-16-18-6-4-5-7-23(18)25(30)31/h4-16H,3,17H2,1-2H3,(H,27,29)(H,30,31)/b26-16-. The number of ether oxygens (including phenoxy) is 1. The first kappa shape index (κ1) is 26.8. The highest BCUT2D eigenvalue weighted by atomic mass is 32.2. The number of hydrogen-bond acceptors (Lipinski definition) is 7. The van der Waals surface area contributed by atoms with Crippen molar-refractivity contribution < 1.29 is 27.9 Å². The van der Waals surface area contributed by atoms with Crippen LogP contribution in [0, 0.1) is 0 Å². The van der Waals surface area contributed by atoms with Crippen LogP contribution in [0.2, 0.25) is 0 Å². The molecule has 0 aliphatic carbocycles. The molecule has 0 aromatic heterocycles. The summed E-state index contributed by atoms with van der Waals surface area (Å²) in [7, 11) is -4.10. The van der Waals surface area contributed by atoms with Gasteiger partial charge < -0.3 is 9.84 Å². The van der Waals surface area contributed by atoms with E-state index in [1.165, 1.54) is 42.2 Å². The average molecular weight is 528 g/mol. The summed E-state index contributed by atoms with van der Waals surface area (Å²) in [6, 6.07) is 18.9. The van der Waals surface area contributed by atoms with Gasteiger partial charge in [0.15, 0.2) is 0 Å². The predicted octanol–water partition coefficient (Wildman–Crippen LogP) is 3.85. The maximum atomic E-state index is 13.5. The van der Waals surface area contributed by atoms with Gasteiger partial charge in [0.1, 0.15) is 12.3 Å². The molecule has 188 valence electrons. The lowest BCUT2D eigenvalue weighted by atomic mass is 10.1. The third kappa shape index (κ3) is 6.64. The molecule has 0 heterocycles. The predicted molar refractivity (Wildman–Crippen MR) is 140 cm³/mol. The van der Waals surface area contributed by atoms with Crippen molar-refractivity contribution >= 4 is 45.6 Å². The van der Waals surface area contributed by atoms with Gasteiger partial charge in [-0.05, 0) is 67.8 Å². The summed E-state index contributed by atoms with van der Waals surface area (Å²) in [5.74, 6) is -1.28. The molecule has 0 atom stereocenters. The normalized spacial score (nSPS) is 11.3. The number of aromatic carboxylic acids is 1. The van der Waals surface area contributed by atoms with E-state index in [2.05, 4.69) is 10.5 Å². The molecule has 3 aromatic rings. The van der Waals surface area contributed by atoms with E-state index in [0.29, 0.717) is 12.4 Å². The van der Waals surface area contributed by atoms with Gasteiger partial charge in [-0.3, -0.25) is 9.10 Å². The second-order valence-electron chi connectivity index (χ2n) is 7.30. The third-order valence-corrected chi connectivity index (χ3v) is 7.49. The largest absolute Gasteiger partial charge is 0.494 e. The van der Waals surface area contributed by atoms with E-state index in [4.69, 9.17) is 4.74 Å². The molecule has 3 rings (SSSR count). The number of nitrogens with zero attached hydrogens (tertiary/aromatic N) is 2. The quantitative estimate of drug-likeness (QED) is 0.220. The Hall–Kier alpha value is -3.83. The van der Waals surface area contributed by atoms with E-state index in [1.54, 1.807) is 48.5 Å². The van der Waals surface area contributed by atoms with Crippen molar-refractivity contribution in [2.45, 2.75) is 16.7 Å². The maximum absolute atomic E-state index is 13.5. The Balaban J connectivity index is 1.86. The van der Waals surface area contributed by atoms with Crippen molar-refractivity contribution in [3.8, 4) is 5.75 Å². The number of hydrazone groups is 1. The lowest BCUT2D eigenvalue weighted by molar-refractivity contribution is -0.119. The molecule has 0 radical (unpaired) electrons. The highest BCUT2D eigenvalue weighted by molar-refractivity contribution is 7.98. The van der Waals surface area contributed by atoms with Crippen molar-refractivity contribution in [2.24, 2.45) is 5.10 Å². The van der Waals surface area contributed by atoms with Gasteiger partial charge in [0, 0.05) is 10.5 Å². The van der Waals surface area contributed by atoms with E-state index in [0.717, 1.165) is 9.20 Å². The minimum absolute atomic E-state index is 0.0165. The zero-order valence-corrected chi connectivity index (χ0v) is 21.3. The van der Waals surface area contributed by atoms with Crippen LogP contribution in [-0.2, 0) is 14.8 Å². The Bertz CT molecular complexity index is 1340. The summed E-state index contributed by atoms with van der Waals surface area (Å²) in [5, 5.41) is 13.1. The number of nitrogens with one attached hydrogen (secondary N) is 1. The molecule has 0 saturated carbocycles. The molecule has 9 nitrogen and oxygen atoms in total. The van der Waals surface area contributed by atoms with Crippen LogP contribution >= 0.6 is 11.8 Å². The van der Waals surface area contributed by atoms with Crippen LogP contribution in [-0.4, -0.2) is 51.0 Å². The van der Waals surface area contributed by atoms with E-state index < -0.39 is 28.4 Å². The second kappa shape index (κ2) is 12.2. The molecule has 0 saturated heterocycles. The summed E-state index contributed by atoms with van der Waals surface area (Å²) in [4.78, 5) is 25.0. The molecule has 2 N–H and O–H groups in total. The number of carbonyl (C=O) groups is 2. The first-order valence-electron chi connectivity index (χ1n) is 10.8. The highest BCUT2D eigenvalue weighted by Crippen LogP contribution is 2.27. The van der Waals surface area contributed by atoms with Crippen molar-refractivity contribution in [3.63, 3.8) is 0 Å². The molecule has 1 amide bonds. The minimum atomic E-state index is -4.10. The van der Waals surface area contributed by atoms with Crippen LogP contribution in [0.5, 0.6) is 5.75 Å². The van der Waals surface area contributed by atoms with Gasteiger partial charge in [-0.2, -0.15) is 5.10 Å². The molecular weight excluding hydrogens is 502 g/mol. The molecular formula is C25H25N3O6S2. The number of carbonyl (C=O) groups excluding carboxylic acids is 1. The first-order chi connectivity index (χ1) is 17.3. The van der Waals surface area contributed by atoms with Crippen LogP contribution < -0.4 is 14.5 Å². The lowest BCUT2D eigenvalue weighted by Crippen LogP contribution is -2.39. The maximum Gasteiger partial charge on any atom is 0.336 e. The van der Waals surface area contributed by atoms with Crippen LogP contribution in [0.1, 0.15) is 22.8 Å². The van der Waals surface area contributed by atoms with Gasteiger partial charge in [0.25, 0.3) is 15.9 Å². The fraction of sp³-hybridized carbons (Fsp3) is 0.160. The summed E-state index contributed by atoms with van der Waals surface area (Å²) in [5.41, 5.74) is 2.84. The Labute approximate surface area is 213 Å². The Morgan fingerprint density at radius 1 is 1.06 bits per heavy atom. The van der Waals surface area contributed by atoms with Gasteiger partial charge in [0.2, 0.25) is 0 Å². The molecule has 0 aliphatic heterocycles. The second-order valence-corrected chi connectivity index (χ2v) is 10.0. The summed E-state index contributed by atoms with van der Waals surface area (Å²) >= 11 is 1.48. The summed E-state index contributed by atoms with van der Waals surface area (Å²) in [6.07, 6.45) is 3.08. The molecule has 0 fully saturated rings. The number of benzene rings is 3. The fourth-order valence-electron chi connectivity index (χ4n) is 3.21. The van der Waals surface area contributed by atoms with Crippen LogP contribution in [0.25, 0.3) is 0 Å². The van der Waals surface area contributed by atoms with Crippen molar-refractivity contribution in [1.29, 1.82) is 0 Å². The van der Waals surface area contributed by atoms with E-state index in [9.17, 15) is 23.1 Å². The van der Waals surface area contributed by atoms with E-state index in [1.807, 2.05) is 13.2 Å². The molecule has 36 heavy (non-hydrogen) atoms. The lowest BCUT2D eigenvalue weighted by Gasteiger charge is -2.24. The van der Waals surface area contributed by atoms with Gasteiger partial charge in [-0.1, -0.05) is 18.2 Å². The van der Waals surface area contributed by atoms with Gasteiger partial charge in [0.05, 0.1) is 29.0 Å². The zero-order chi connectivity index (χ0) is 26.1. The topological polar surface area (TPSA) is 125 Å². The zero-order valence-electron chi connectivity index (χ0n) is 19.6. The average Bonchev–Trinajstić information content (AvgIpc) is 2.88. The Kier molecular flexibility index (Phi) is 9.09. The van der Waals surface area contributed by atoms with Crippen LogP contribution in [0.15, 0.2) is 87.7 Å². The number of thioether (sulfide) groups is 1. The molecule has 3 aromatic carbocycles. The third-order valence-electron chi connectivity index (χ3n) is 4.95. The Morgan fingerprint density at radius 3 is 2.33 bits per heavy atom. The smallest absolute Gasteiger partial charge is 0.336 e. The Morgan fingerprint density at radius 2 is 1.72 bits per heavy atom. The van der Waals surface area contributed by atoms with Crippen LogP contribution in [0.3, 0.4) is 0 Å². The van der Waals surface area contributed by atoms with Crippen molar-refractivity contribution in [3.05, 3.63) is 83.9 Å². The molecule has 0 bridgehead atoms. The molecule has 0 spiro atoms.